The second-order valence-electron chi connectivity index (χ2n) is 5.76. The van der Waals surface area contributed by atoms with Crippen molar-refractivity contribution >= 4 is 34.8 Å². The van der Waals surface area contributed by atoms with Crippen LogP contribution in [0.2, 0.25) is 10.0 Å². The van der Waals surface area contributed by atoms with Gasteiger partial charge in [0.1, 0.15) is 11.8 Å². The lowest BCUT2D eigenvalue weighted by molar-refractivity contribution is -0.117. The number of benzene rings is 2. The van der Waals surface area contributed by atoms with E-state index < -0.39 is 6.04 Å². The van der Waals surface area contributed by atoms with Gasteiger partial charge in [0.25, 0.3) is 0 Å². The van der Waals surface area contributed by atoms with Crippen molar-refractivity contribution in [3.8, 4) is 5.75 Å². The molecule has 2 aromatic carbocycles. The summed E-state index contributed by atoms with van der Waals surface area (Å²) in [7, 11) is 0. The highest BCUT2D eigenvalue weighted by Gasteiger charge is 2.31. The number of nitrogens with one attached hydrogen (secondary N) is 3. The molecule has 126 valence electrons. The lowest BCUT2D eigenvalue weighted by Gasteiger charge is -2.13. The van der Waals surface area contributed by atoms with E-state index in [4.69, 9.17) is 23.2 Å². The lowest BCUT2D eigenvalue weighted by Crippen LogP contribution is -2.39. The van der Waals surface area contributed by atoms with Crippen LogP contribution in [0.4, 0.5) is 5.69 Å². The van der Waals surface area contributed by atoms with Crippen LogP contribution in [0.15, 0.2) is 36.4 Å². The number of aryl methyl sites for hydroxylation is 1. The van der Waals surface area contributed by atoms with Crippen LogP contribution < -0.4 is 16.2 Å². The average Bonchev–Trinajstić information content (AvgIpc) is 3.02. The number of aromatic hydroxyl groups is 1. The Morgan fingerprint density at radius 1 is 1.25 bits per heavy atom. The van der Waals surface area contributed by atoms with E-state index in [1.54, 1.807) is 18.2 Å². The van der Waals surface area contributed by atoms with Crippen molar-refractivity contribution in [1.29, 1.82) is 0 Å². The zero-order chi connectivity index (χ0) is 17.3. The zero-order valence-corrected chi connectivity index (χ0v) is 14.4. The number of carbonyl (C=O) groups is 1. The van der Waals surface area contributed by atoms with Crippen LogP contribution in [0.5, 0.6) is 5.75 Å². The third-order valence-electron chi connectivity index (χ3n) is 4.05. The minimum absolute atomic E-state index is 0.152. The number of carbonyl (C=O) groups excluding carboxylic acids is 1. The molecule has 2 unspecified atom stereocenters. The normalized spacial score (nSPS) is 20.1. The number of hydrazine groups is 1. The van der Waals surface area contributed by atoms with Crippen LogP contribution in [0.1, 0.15) is 23.6 Å². The molecule has 0 aromatic heterocycles. The second kappa shape index (κ2) is 6.99. The fraction of sp³-hybridized carbons (Fsp3) is 0.235. The van der Waals surface area contributed by atoms with E-state index in [0.29, 0.717) is 22.2 Å². The largest absolute Gasteiger partial charge is 0.507 e. The molecule has 5 nitrogen and oxygen atoms in total. The summed E-state index contributed by atoms with van der Waals surface area (Å²) in [5.74, 6) is 0.0416. The van der Waals surface area contributed by atoms with Gasteiger partial charge in [-0.05, 0) is 37.1 Å². The monoisotopic (exact) mass is 365 g/mol. The van der Waals surface area contributed by atoms with Crippen LogP contribution >= 0.6 is 23.2 Å². The van der Waals surface area contributed by atoms with Gasteiger partial charge in [-0.25, -0.2) is 10.9 Å². The number of hydrogen-bond acceptors (Lipinski definition) is 4. The summed E-state index contributed by atoms with van der Waals surface area (Å²) >= 11 is 11.9. The van der Waals surface area contributed by atoms with E-state index in [1.807, 2.05) is 25.1 Å². The minimum atomic E-state index is -0.443. The van der Waals surface area contributed by atoms with Crippen LogP contribution in [0.25, 0.3) is 0 Å². The molecule has 1 fully saturated rings. The topological polar surface area (TPSA) is 73.4 Å². The van der Waals surface area contributed by atoms with Crippen LogP contribution in [0, 0.1) is 6.92 Å². The highest BCUT2D eigenvalue weighted by molar-refractivity contribution is 6.36. The molecule has 3 rings (SSSR count). The number of amides is 1. The first kappa shape index (κ1) is 17.0. The fourth-order valence-corrected chi connectivity index (χ4v) is 3.16. The molecule has 0 aliphatic carbocycles. The first-order valence-electron chi connectivity index (χ1n) is 7.51. The van der Waals surface area contributed by atoms with Gasteiger partial charge >= 0.3 is 0 Å². The zero-order valence-electron chi connectivity index (χ0n) is 12.9. The summed E-state index contributed by atoms with van der Waals surface area (Å²) in [5.41, 5.74) is 8.09. The van der Waals surface area contributed by atoms with Crippen LogP contribution in [0.3, 0.4) is 0 Å². The standard InChI is InChI=1S/C17H17Cl2N3O2/c1-9-3-2-4-11(16(9)23)14-8-15(22-21-14)17(24)20-13-6-5-10(18)7-12(13)19/h2-7,14-15,21-23H,8H2,1H3,(H,20,24). The third-order valence-corrected chi connectivity index (χ3v) is 4.60. The molecule has 2 aromatic rings. The number of hydrogen-bond donors (Lipinski definition) is 4. The lowest BCUT2D eigenvalue weighted by atomic mass is 9.99. The minimum Gasteiger partial charge on any atom is -0.507 e. The maximum absolute atomic E-state index is 12.4. The molecule has 0 saturated carbocycles. The van der Waals surface area contributed by atoms with Gasteiger partial charge in [0.2, 0.25) is 5.91 Å². The second-order valence-corrected chi connectivity index (χ2v) is 6.60. The molecule has 0 bridgehead atoms. The summed E-state index contributed by atoms with van der Waals surface area (Å²) in [4.78, 5) is 12.4. The molecular formula is C17H17Cl2N3O2. The van der Waals surface area contributed by atoms with Gasteiger partial charge in [-0.2, -0.15) is 0 Å². The molecular weight excluding hydrogens is 349 g/mol. The SMILES string of the molecule is Cc1cccc(C2CC(C(=O)Nc3ccc(Cl)cc3Cl)NN2)c1O. The first-order chi connectivity index (χ1) is 11.5. The molecule has 0 spiro atoms. The van der Waals surface area contributed by atoms with Gasteiger partial charge in [0.05, 0.1) is 16.8 Å². The van der Waals surface area contributed by atoms with Crippen molar-refractivity contribution in [2.75, 3.05) is 5.32 Å². The average molecular weight is 366 g/mol. The van der Waals surface area contributed by atoms with E-state index in [2.05, 4.69) is 16.2 Å². The van der Waals surface area contributed by atoms with E-state index >= 15 is 0 Å². The van der Waals surface area contributed by atoms with Crippen molar-refractivity contribution in [3.63, 3.8) is 0 Å². The predicted octanol–water partition coefficient (Wildman–Crippen LogP) is 3.55. The molecule has 1 heterocycles. The van der Waals surface area contributed by atoms with Crippen molar-refractivity contribution < 1.29 is 9.90 Å². The van der Waals surface area contributed by atoms with Gasteiger partial charge < -0.3 is 10.4 Å². The predicted molar refractivity (Wildman–Crippen MR) is 95.4 cm³/mol. The number of rotatable bonds is 3. The maximum Gasteiger partial charge on any atom is 0.242 e. The molecule has 1 saturated heterocycles. The van der Waals surface area contributed by atoms with Gasteiger partial charge in [-0.3, -0.25) is 4.79 Å². The molecule has 1 amide bonds. The first-order valence-corrected chi connectivity index (χ1v) is 8.26. The Morgan fingerprint density at radius 2 is 2.04 bits per heavy atom. The van der Waals surface area contributed by atoms with Crippen molar-refractivity contribution in [3.05, 3.63) is 57.6 Å². The molecule has 1 aliphatic heterocycles. The summed E-state index contributed by atoms with van der Waals surface area (Å²) in [5, 5.41) is 13.9. The van der Waals surface area contributed by atoms with Crippen LogP contribution in [-0.4, -0.2) is 17.1 Å². The van der Waals surface area contributed by atoms with Crippen LogP contribution in [-0.2, 0) is 4.79 Å². The Morgan fingerprint density at radius 3 is 2.79 bits per heavy atom. The van der Waals surface area contributed by atoms with Gasteiger partial charge in [0.15, 0.2) is 0 Å². The number of phenols is 1. The van der Waals surface area contributed by atoms with E-state index in [9.17, 15) is 9.90 Å². The summed E-state index contributed by atoms with van der Waals surface area (Å²) in [6, 6.07) is 9.88. The molecule has 24 heavy (non-hydrogen) atoms. The molecule has 4 N–H and O–H groups in total. The highest BCUT2D eigenvalue weighted by atomic mass is 35.5. The summed E-state index contributed by atoms with van der Waals surface area (Å²) in [6.45, 7) is 1.84. The molecule has 1 aliphatic rings. The van der Waals surface area contributed by atoms with Crippen molar-refractivity contribution in [2.24, 2.45) is 0 Å². The fourth-order valence-electron chi connectivity index (χ4n) is 2.71. The Labute approximate surface area is 149 Å². The molecule has 0 radical (unpaired) electrons. The highest BCUT2D eigenvalue weighted by Crippen LogP contribution is 2.32. The Balaban J connectivity index is 1.69. The Bertz CT molecular complexity index is 782. The third kappa shape index (κ3) is 3.49. The maximum atomic E-state index is 12.4. The quantitative estimate of drug-likeness (QED) is 0.670. The summed E-state index contributed by atoms with van der Waals surface area (Å²) < 4.78 is 0. The van der Waals surface area contributed by atoms with Crippen molar-refractivity contribution in [2.45, 2.75) is 25.4 Å². The molecule has 7 heteroatoms. The Hall–Kier alpha value is -1.79. The van der Waals surface area contributed by atoms with E-state index in [1.165, 1.54) is 0 Å². The van der Waals surface area contributed by atoms with Gasteiger partial charge in [-0.1, -0.05) is 41.4 Å². The number of para-hydroxylation sites is 1. The molecule has 2 atom stereocenters. The number of halogens is 2. The number of phenolic OH excluding ortho intramolecular Hbond substituents is 1. The Kier molecular flexibility index (Phi) is 4.96. The number of anilines is 1. The summed E-state index contributed by atoms with van der Waals surface area (Å²) in [6.07, 6.45) is 0.508. The van der Waals surface area contributed by atoms with Gasteiger partial charge in [-0.15, -0.1) is 0 Å². The smallest absolute Gasteiger partial charge is 0.242 e. The van der Waals surface area contributed by atoms with E-state index in [-0.39, 0.29) is 17.7 Å². The van der Waals surface area contributed by atoms with E-state index in [0.717, 1.165) is 11.1 Å². The van der Waals surface area contributed by atoms with Crippen molar-refractivity contribution in [1.82, 2.24) is 10.9 Å². The van der Waals surface area contributed by atoms with Gasteiger partial charge in [0, 0.05) is 10.6 Å².